The van der Waals surface area contributed by atoms with Crippen LogP contribution >= 0.6 is 11.3 Å². The Kier molecular flexibility index (Phi) is 6.32. The zero-order valence-electron chi connectivity index (χ0n) is 10.1. The first-order chi connectivity index (χ1) is 8.59. The summed E-state index contributed by atoms with van der Waals surface area (Å²) in [6, 6.07) is 1.84. The van der Waals surface area contributed by atoms with E-state index in [4.69, 9.17) is 5.11 Å². The van der Waals surface area contributed by atoms with E-state index in [0.29, 0.717) is 13.0 Å². The highest BCUT2D eigenvalue weighted by atomic mass is 32.2. The van der Waals surface area contributed by atoms with Gasteiger partial charge in [0.15, 0.2) is 0 Å². The van der Waals surface area contributed by atoms with E-state index in [-0.39, 0.29) is 13.2 Å². The van der Waals surface area contributed by atoms with Gasteiger partial charge in [0.2, 0.25) is 0 Å². The Morgan fingerprint density at radius 3 is 2.89 bits per heavy atom. The molecule has 100 valence electrons. The van der Waals surface area contributed by atoms with Crippen LogP contribution in [0.1, 0.15) is 23.8 Å². The van der Waals surface area contributed by atoms with Crippen molar-refractivity contribution in [2.24, 2.45) is 0 Å². The second-order valence-corrected chi connectivity index (χ2v) is 5.94. The zero-order valence-corrected chi connectivity index (χ0v) is 11.7. The largest absolute Gasteiger partial charge is 0.395 e. The molecule has 0 amide bonds. The van der Waals surface area contributed by atoms with Gasteiger partial charge >= 0.3 is 0 Å². The van der Waals surface area contributed by atoms with Crippen LogP contribution in [0, 0.1) is 11.8 Å². The Morgan fingerprint density at radius 1 is 1.44 bits per heavy atom. The molecular weight excluding hydrogens is 272 g/mol. The Hall–Kier alpha value is -0.910. The minimum Gasteiger partial charge on any atom is -0.395 e. The molecule has 7 heteroatoms. The van der Waals surface area contributed by atoms with E-state index < -0.39 is 10.2 Å². The Balaban J connectivity index is 2.64. The van der Waals surface area contributed by atoms with Gasteiger partial charge in [0.05, 0.1) is 6.61 Å². The minimum absolute atomic E-state index is 0.0273. The maximum absolute atomic E-state index is 11.4. The highest BCUT2D eigenvalue weighted by Crippen LogP contribution is 2.15. The lowest BCUT2D eigenvalue weighted by Crippen LogP contribution is -2.35. The van der Waals surface area contributed by atoms with Crippen LogP contribution in [-0.4, -0.2) is 26.7 Å². The van der Waals surface area contributed by atoms with Crippen LogP contribution in [0.3, 0.4) is 0 Å². The van der Waals surface area contributed by atoms with Crippen molar-refractivity contribution < 1.29 is 13.5 Å². The molecule has 5 nitrogen and oxygen atoms in total. The van der Waals surface area contributed by atoms with E-state index in [2.05, 4.69) is 21.3 Å². The highest BCUT2D eigenvalue weighted by molar-refractivity contribution is 7.87. The summed E-state index contributed by atoms with van der Waals surface area (Å²) in [5.74, 6) is 5.72. The van der Waals surface area contributed by atoms with E-state index in [1.54, 1.807) is 6.92 Å². The van der Waals surface area contributed by atoms with E-state index in [0.717, 1.165) is 10.4 Å². The first kappa shape index (κ1) is 15.1. The van der Waals surface area contributed by atoms with E-state index >= 15 is 0 Å². The number of aliphatic hydroxyl groups is 1. The van der Waals surface area contributed by atoms with Crippen LogP contribution in [0.2, 0.25) is 0 Å². The third-order valence-electron chi connectivity index (χ3n) is 1.96. The van der Waals surface area contributed by atoms with Crippen LogP contribution in [0.25, 0.3) is 0 Å². The standard InChI is InChI=1S/C11H16N2O3S2/c1-2-12-18(15,16)13-9-11-10(6-8-17-11)5-3-4-7-14/h6,8,12-14H,2,4,7,9H2,1H3. The molecule has 0 fully saturated rings. The molecular formula is C11H16N2O3S2. The lowest BCUT2D eigenvalue weighted by molar-refractivity contribution is 0.305. The van der Waals surface area contributed by atoms with E-state index in [9.17, 15) is 8.42 Å². The van der Waals surface area contributed by atoms with Crippen molar-refractivity contribution in [3.8, 4) is 11.8 Å². The van der Waals surface area contributed by atoms with Gasteiger partial charge in [0.25, 0.3) is 10.2 Å². The molecule has 0 radical (unpaired) electrons. The van der Waals surface area contributed by atoms with Crippen LogP contribution in [-0.2, 0) is 16.8 Å². The van der Waals surface area contributed by atoms with Gasteiger partial charge in [0, 0.05) is 30.0 Å². The zero-order chi connectivity index (χ0) is 13.4. The molecule has 0 bridgehead atoms. The highest BCUT2D eigenvalue weighted by Gasteiger charge is 2.09. The van der Waals surface area contributed by atoms with Gasteiger partial charge in [-0.15, -0.1) is 11.3 Å². The summed E-state index contributed by atoms with van der Waals surface area (Å²) < 4.78 is 27.6. The lowest BCUT2D eigenvalue weighted by atomic mass is 10.2. The number of hydrogen-bond acceptors (Lipinski definition) is 4. The normalized spacial score (nSPS) is 11.0. The maximum atomic E-state index is 11.4. The van der Waals surface area contributed by atoms with Crippen LogP contribution in [0.4, 0.5) is 0 Å². The fourth-order valence-corrected chi connectivity index (χ4v) is 2.88. The van der Waals surface area contributed by atoms with Gasteiger partial charge in [-0.3, -0.25) is 0 Å². The summed E-state index contributed by atoms with van der Waals surface area (Å²) in [6.07, 6.45) is 0.415. The monoisotopic (exact) mass is 288 g/mol. The first-order valence-electron chi connectivity index (χ1n) is 5.49. The number of hydrogen-bond donors (Lipinski definition) is 3. The molecule has 1 aromatic rings. The van der Waals surface area contributed by atoms with Crippen molar-refractivity contribution in [3.63, 3.8) is 0 Å². The maximum Gasteiger partial charge on any atom is 0.277 e. The predicted octanol–water partition coefficient (Wildman–Crippen LogP) is 0.426. The third kappa shape index (κ3) is 5.16. The SMILES string of the molecule is CCNS(=O)(=O)NCc1sccc1C#CCCO. The molecule has 0 saturated carbocycles. The van der Waals surface area contributed by atoms with E-state index in [1.165, 1.54) is 11.3 Å². The number of nitrogens with one attached hydrogen (secondary N) is 2. The van der Waals surface area contributed by atoms with Crippen molar-refractivity contribution in [1.29, 1.82) is 0 Å². The molecule has 18 heavy (non-hydrogen) atoms. The minimum atomic E-state index is -3.43. The number of aliphatic hydroxyl groups excluding tert-OH is 1. The van der Waals surface area contributed by atoms with E-state index in [1.807, 2.05) is 11.4 Å². The Bertz CT molecular complexity index is 526. The van der Waals surface area contributed by atoms with Crippen LogP contribution in [0.5, 0.6) is 0 Å². The van der Waals surface area contributed by atoms with Gasteiger partial charge in [0.1, 0.15) is 0 Å². The molecule has 0 aliphatic rings. The smallest absolute Gasteiger partial charge is 0.277 e. The van der Waals surface area contributed by atoms with Gasteiger partial charge in [-0.1, -0.05) is 18.8 Å². The van der Waals surface area contributed by atoms with Crippen molar-refractivity contribution in [2.75, 3.05) is 13.2 Å². The molecule has 3 N–H and O–H groups in total. The molecule has 0 spiro atoms. The lowest BCUT2D eigenvalue weighted by Gasteiger charge is -2.05. The summed E-state index contributed by atoms with van der Waals surface area (Å²) in [5, 5.41) is 10.5. The summed E-state index contributed by atoms with van der Waals surface area (Å²) >= 11 is 1.45. The van der Waals surface area contributed by atoms with Gasteiger partial charge in [-0.25, -0.2) is 4.72 Å². The molecule has 0 aliphatic carbocycles. The average Bonchev–Trinajstić information content (AvgIpc) is 2.75. The Labute approximate surface area is 111 Å². The van der Waals surface area contributed by atoms with Crippen LogP contribution in [0.15, 0.2) is 11.4 Å². The number of rotatable bonds is 6. The van der Waals surface area contributed by atoms with Gasteiger partial charge in [-0.2, -0.15) is 13.1 Å². The molecule has 0 unspecified atom stereocenters. The van der Waals surface area contributed by atoms with Crippen molar-refractivity contribution in [1.82, 2.24) is 9.44 Å². The van der Waals surface area contributed by atoms with Gasteiger partial charge < -0.3 is 5.11 Å². The summed E-state index contributed by atoms with van der Waals surface area (Å²) in [4.78, 5) is 0.863. The topological polar surface area (TPSA) is 78.4 Å². The summed E-state index contributed by atoms with van der Waals surface area (Å²) in [5.41, 5.74) is 0.799. The quantitative estimate of drug-likeness (QED) is 0.664. The molecule has 0 saturated heterocycles. The van der Waals surface area contributed by atoms with Crippen molar-refractivity contribution in [2.45, 2.75) is 19.9 Å². The second-order valence-electron chi connectivity index (χ2n) is 3.36. The van der Waals surface area contributed by atoms with Crippen molar-refractivity contribution in [3.05, 3.63) is 21.9 Å². The predicted molar refractivity (Wildman–Crippen MR) is 72.3 cm³/mol. The molecule has 1 rings (SSSR count). The molecule has 1 heterocycles. The fourth-order valence-electron chi connectivity index (χ4n) is 1.20. The fraction of sp³-hybridized carbons (Fsp3) is 0.455. The van der Waals surface area contributed by atoms with Crippen molar-refractivity contribution >= 4 is 21.5 Å². The second kappa shape index (κ2) is 7.51. The number of thiophene rings is 1. The molecule has 0 atom stereocenters. The van der Waals surface area contributed by atoms with Gasteiger partial charge in [-0.05, 0) is 11.4 Å². The average molecular weight is 288 g/mol. The molecule has 1 aromatic heterocycles. The molecule has 0 aromatic carbocycles. The Morgan fingerprint density at radius 2 is 2.22 bits per heavy atom. The summed E-state index contributed by atoms with van der Waals surface area (Å²) in [6.45, 7) is 2.31. The third-order valence-corrected chi connectivity index (χ3v) is 4.08. The summed E-state index contributed by atoms with van der Waals surface area (Å²) in [7, 11) is -3.43. The first-order valence-corrected chi connectivity index (χ1v) is 7.85. The van der Waals surface area contributed by atoms with Crippen LogP contribution < -0.4 is 9.44 Å². The molecule has 0 aliphatic heterocycles.